The van der Waals surface area contributed by atoms with E-state index < -0.39 is 0 Å². The third kappa shape index (κ3) is 1.78. The quantitative estimate of drug-likeness (QED) is 0.562. The van der Waals surface area contributed by atoms with Gasteiger partial charge in [-0.2, -0.15) is 10.5 Å². The number of thioether (sulfide) groups is 1. The number of rotatable bonds is 1. The molecule has 1 rings (SSSR count). The van der Waals surface area contributed by atoms with Crippen molar-refractivity contribution in [3.05, 3.63) is 21.4 Å². The largest absolute Gasteiger partial charge is 0.222 e. The molecule has 6 heteroatoms. The summed E-state index contributed by atoms with van der Waals surface area (Å²) in [4.78, 5) is 4.17. The van der Waals surface area contributed by atoms with E-state index in [-0.39, 0.29) is 21.4 Å². The molecule has 0 saturated heterocycles. The van der Waals surface area contributed by atoms with Crippen molar-refractivity contribution >= 4 is 35.0 Å². The zero-order valence-electron chi connectivity index (χ0n) is 7.01. The molecule has 3 nitrogen and oxygen atoms in total. The summed E-state index contributed by atoms with van der Waals surface area (Å²) in [6.45, 7) is 0. The molecule has 0 amide bonds. The second-order valence-electron chi connectivity index (χ2n) is 2.20. The SMILES string of the molecule is CSc1c(C#N)c(Cl)nc(Cl)c1C#N. The number of nitrogens with zero attached hydrogens (tertiary/aromatic N) is 3. The van der Waals surface area contributed by atoms with Gasteiger partial charge in [-0.25, -0.2) is 4.98 Å². The fraction of sp³-hybridized carbons (Fsp3) is 0.125. The van der Waals surface area contributed by atoms with Gasteiger partial charge in [-0.3, -0.25) is 0 Å². The first-order chi connectivity index (χ1) is 6.65. The van der Waals surface area contributed by atoms with Gasteiger partial charge in [0, 0.05) is 4.90 Å². The molecule has 0 aliphatic rings. The van der Waals surface area contributed by atoms with Crippen molar-refractivity contribution in [1.29, 1.82) is 10.5 Å². The number of halogens is 2. The van der Waals surface area contributed by atoms with E-state index in [1.165, 1.54) is 11.8 Å². The van der Waals surface area contributed by atoms with Crippen molar-refractivity contribution in [1.82, 2.24) is 4.98 Å². The molecule has 0 saturated carbocycles. The van der Waals surface area contributed by atoms with Crippen molar-refractivity contribution in [2.24, 2.45) is 0 Å². The van der Waals surface area contributed by atoms with Gasteiger partial charge in [-0.1, -0.05) is 23.2 Å². The van der Waals surface area contributed by atoms with Crippen LogP contribution in [-0.4, -0.2) is 11.2 Å². The van der Waals surface area contributed by atoms with Crippen LogP contribution in [-0.2, 0) is 0 Å². The van der Waals surface area contributed by atoms with Crippen molar-refractivity contribution in [2.75, 3.05) is 6.26 Å². The first kappa shape index (κ1) is 11.1. The molecular weight excluding hydrogens is 241 g/mol. The summed E-state index contributed by atoms with van der Waals surface area (Å²) in [5.41, 5.74) is 0.389. The van der Waals surface area contributed by atoms with Gasteiger partial charge in [0.25, 0.3) is 0 Å². The number of aromatic nitrogens is 1. The third-order valence-corrected chi connectivity index (χ3v) is 2.85. The van der Waals surface area contributed by atoms with E-state index in [1.807, 2.05) is 12.1 Å². The Morgan fingerprint density at radius 3 is 1.86 bits per heavy atom. The van der Waals surface area contributed by atoms with Crippen LogP contribution in [0, 0.1) is 22.7 Å². The lowest BCUT2D eigenvalue weighted by Crippen LogP contribution is -1.93. The normalized spacial score (nSPS) is 9.21. The average Bonchev–Trinajstić information content (AvgIpc) is 2.16. The Balaban J connectivity index is 3.64. The van der Waals surface area contributed by atoms with Gasteiger partial charge in [-0.15, -0.1) is 11.8 Å². The second-order valence-corrected chi connectivity index (χ2v) is 3.73. The fourth-order valence-electron chi connectivity index (χ4n) is 0.908. The summed E-state index contributed by atoms with van der Waals surface area (Å²) in [5.74, 6) is 0. The lowest BCUT2D eigenvalue weighted by Gasteiger charge is -2.05. The number of pyridine rings is 1. The Hall–Kier alpha value is -0.940. The number of nitriles is 2. The van der Waals surface area contributed by atoms with Crippen LogP contribution in [0.1, 0.15) is 11.1 Å². The third-order valence-electron chi connectivity index (χ3n) is 1.49. The van der Waals surface area contributed by atoms with Crippen LogP contribution in [0.3, 0.4) is 0 Å². The molecule has 0 N–H and O–H groups in total. The molecule has 0 bridgehead atoms. The first-order valence-corrected chi connectivity index (χ1v) is 5.37. The molecule has 0 aliphatic carbocycles. The summed E-state index contributed by atoms with van der Waals surface area (Å²) < 4.78 is 0. The van der Waals surface area contributed by atoms with Crippen LogP contribution in [0.2, 0.25) is 10.3 Å². The maximum absolute atomic E-state index is 8.80. The first-order valence-electron chi connectivity index (χ1n) is 3.38. The lowest BCUT2D eigenvalue weighted by atomic mass is 10.2. The lowest BCUT2D eigenvalue weighted by molar-refractivity contribution is 1.20. The molecule has 0 spiro atoms. The minimum atomic E-state index is 0.0286. The van der Waals surface area contributed by atoms with Crippen molar-refractivity contribution < 1.29 is 0 Å². The smallest absolute Gasteiger partial charge is 0.149 e. The van der Waals surface area contributed by atoms with Crippen LogP contribution < -0.4 is 0 Å². The van der Waals surface area contributed by atoms with E-state index in [9.17, 15) is 0 Å². The minimum absolute atomic E-state index is 0.0286. The monoisotopic (exact) mass is 243 g/mol. The zero-order chi connectivity index (χ0) is 10.7. The molecule has 0 aliphatic heterocycles. The van der Waals surface area contributed by atoms with Crippen LogP contribution >= 0.6 is 35.0 Å². The molecule has 1 heterocycles. The predicted octanol–water partition coefficient (Wildman–Crippen LogP) is 2.85. The van der Waals surface area contributed by atoms with Gasteiger partial charge in [-0.05, 0) is 6.26 Å². The van der Waals surface area contributed by atoms with Crippen molar-refractivity contribution in [3.63, 3.8) is 0 Å². The molecule has 0 radical (unpaired) electrons. The fourth-order valence-corrected chi connectivity index (χ4v) is 2.20. The van der Waals surface area contributed by atoms with Crippen LogP contribution in [0.15, 0.2) is 4.90 Å². The Labute approximate surface area is 95.3 Å². The Morgan fingerprint density at radius 2 is 1.57 bits per heavy atom. The highest BCUT2D eigenvalue weighted by Crippen LogP contribution is 2.32. The highest BCUT2D eigenvalue weighted by molar-refractivity contribution is 7.98. The summed E-state index contributed by atoms with van der Waals surface area (Å²) in [6.07, 6.45) is 1.74. The van der Waals surface area contributed by atoms with Crippen LogP contribution in [0.4, 0.5) is 0 Å². The molecule has 0 unspecified atom stereocenters. The number of hydrogen-bond donors (Lipinski definition) is 0. The molecule has 70 valence electrons. The standard InChI is InChI=1S/C8H3Cl2N3S/c1-14-6-4(2-11)7(9)13-8(10)5(6)3-12/h1H3. The molecule has 0 aromatic carbocycles. The van der Waals surface area contributed by atoms with Gasteiger partial charge in [0.1, 0.15) is 33.6 Å². The Bertz CT molecular complexity index is 421. The average molecular weight is 244 g/mol. The maximum Gasteiger partial charge on any atom is 0.149 e. The maximum atomic E-state index is 8.80. The van der Waals surface area contributed by atoms with E-state index in [0.29, 0.717) is 4.90 Å². The van der Waals surface area contributed by atoms with Crippen molar-refractivity contribution in [3.8, 4) is 12.1 Å². The summed E-state index contributed by atoms with van der Waals surface area (Å²) >= 11 is 12.6. The van der Waals surface area contributed by atoms with Crippen molar-refractivity contribution in [2.45, 2.75) is 4.90 Å². The van der Waals surface area contributed by atoms with E-state index in [4.69, 9.17) is 33.7 Å². The molecular formula is C8H3Cl2N3S. The van der Waals surface area contributed by atoms with Gasteiger partial charge in [0.05, 0.1) is 0 Å². The zero-order valence-corrected chi connectivity index (χ0v) is 9.33. The minimum Gasteiger partial charge on any atom is -0.222 e. The number of hydrogen-bond acceptors (Lipinski definition) is 4. The summed E-state index contributed by atoms with van der Waals surface area (Å²) in [7, 11) is 0. The summed E-state index contributed by atoms with van der Waals surface area (Å²) in [6, 6.07) is 3.78. The van der Waals surface area contributed by atoms with E-state index in [0.717, 1.165) is 0 Å². The summed E-state index contributed by atoms with van der Waals surface area (Å²) in [5, 5.41) is 17.7. The van der Waals surface area contributed by atoms with Crippen LogP contribution in [0.5, 0.6) is 0 Å². The molecule has 1 aromatic heterocycles. The Morgan fingerprint density at radius 1 is 1.14 bits per heavy atom. The molecule has 14 heavy (non-hydrogen) atoms. The van der Waals surface area contributed by atoms with Crippen LogP contribution in [0.25, 0.3) is 0 Å². The van der Waals surface area contributed by atoms with E-state index in [1.54, 1.807) is 6.26 Å². The van der Waals surface area contributed by atoms with Gasteiger partial charge in [0.15, 0.2) is 0 Å². The molecule has 0 atom stereocenters. The molecule has 1 aromatic rings. The van der Waals surface area contributed by atoms with Gasteiger partial charge < -0.3 is 0 Å². The predicted molar refractivity (Wildman–Crippen MR) is 55.5 cm³/mol. The highest BCUT2D eigenvalue weighted by Gasteiger charge is 2.16. The topological polar surface area (TPSA) is 60.5 Å². The second kappa shape index (κ2) is 4.52. The van der Waals surface area contributed by atoms with Gasteiger partial charge >= 0.3 is 0 Å². The van der Waals surface area contributed by atoms with E-state index >= 15 is 0 Å². The Kier molecular flexibility index (Phi) is 3.60. The van der Waals surface area contributed by atoms with Gasteiger partial charge in [0.2, 0.25) is 0 Å². The van der Waals surface area contributed by atoms with E-state index in [2.05, 4.69) is 4.98 Å². The highest BCUT2D eigenvalue weighted by atomic mass is 35.5. The molecule has 0 fully saturated rings.